The minimum atomic E-state index is 0.0289. The highest BCUT2D eigenvalue weighted by atomic mass is 16.5. The summed E-state index contributed by atoms with van der Waals surface area (Å²) < 4.78 is 6.03. The van der Waals surface area contributed by atoms with Crippen LogP contribution in [0.4, 0.5) is 0 Å². The molecule has 0 radical (unpaired) electrons. The van der Waals surface area contributed by atoms with Gasteiger partial charge < -0.3 is 10.1 Å². The van der Waals surface area contributed by atoms with Gasteiger partial charge in [0.1, 0.15) is 0 Å². The standard InChI is InChI=1S/C19H28N2O2/c1-15-5-7-17(8-6-15)16(2)20-18(22)13-21-11-12-23-19(14-21)9-3-4-10-19/h5-8,16H,3-4,9-14H2,1-2H3,(H,20,22)/t16-/m1/s1. The van der Waals surface area contributed by atoms with Gasteiger partial charge in [-0.3, -0.25) is 9.69 Å². The molecule has 1 aliphatic carbocycles. The third-order valence-electron chi connectivity index (χ3n) is 5.16. The Balaban J connectivity index is 1.51. The van der Waals surface area contributed by atoms with Gasteiger partial charge in [0.05, 0.1) is 24.8 Å². The molecule has 1 saturated carbocycles. The van der Waals surface area contributed by atoms with Crippen molar-refractivity contribution in [2.75, 3.05) is 26.2 Å². The molecule has 1 atom stereocenters. The van der Waals surface area contributed by atoms with Crippen molar-refractivity contribution < 1.29 is 9.53 Å². The maximum Gasteiger partial charge on any atom is 0.234 e. The van der Waals surface area contributed by atoms with E-state index in [1.54, 1.807) is 0 Å². The Bertz CT molecular complexity index is 535. The molecule has 2 fully saturated rings. The number of aryl methyl sites for hydroxylation is 1. The lowest BCUT2D eigenvalue weighted by atomic mass is 10.00. The molecular formula is C19H28N2O2. The molecule has 1 aromatic rings. The molecule has 0 aromatic heterocycles. The molecular weight excluding hydrogens is 288 g/mol. The number of hydrogen-bond donors (Lipinski definition) is 1. The molecule has 1 spiro atoms. The van der Waals surface area contributed by atoms with Gasteiger partial charge in [-0.2, -0.15) is 0 Å². The van der Waals surface area contributed by atoms with Crippen molar-refractivity contribution in [2.24, 2.45) is 0 Å². The topological polar surface area (TPSA) is 41.6 Å². The zero-order chi connectivity index (χ0) is 16.3. The molecule has 4 heteroatoms. The van der Waals surface area contributed by atoms with Gasteiger partial charge in [0, 0.05) is 13.1 Å². The van der Waals surface area contributed by atoms with E-state index in [1.807, 2.05) is 6.92 Å². The zero-order valence-electron chi connectivity index (χ0n) is 14.3. The first-order valence-corrected chi connectivity index (χ1v) is 8.79. The van der Waals surface area contributed by atoms with Gasteiger partial charge in [0.25, 0.3) is 0 Å². The minimum Gasteiger partial charge on any atom is -0.372 e. The lowest BCUT2D eigenvalue weighted by molar-refractivity contribution is -0.130. The third-order valence-corrected chi connectivity index (χ3v) is 5.16. The average molecular weight is 316 g/mol. The van der Waals surface area contributed by atoms with Crippen LogP contribution in [0.25, 0.3) is 0 Å². The predicted octanol–water partition coefficient (Wildman–Crippen LogP) is 2.82. The summed E-state index contributed by atoms with van der Waals surface area (Å²) in [5, 5.41) is 3.12. The summed E-state index contributed by atoms with van der Waals surface area (Å²) in [7, 11) is 0. The Kier molecular flexibility index (Phi) is 5.02. The summed E-state index contributed by atoms with van der Waals surface area (Å²) in [5.41, 5.74) is 2.42. The molecule has 1 N–H and O–H groups in total. The number of carbonyl (C=O) groups excluding carboxylic acids is 1. The molecule has 1 aromatic carbocycles. The summed E-state index contributed by atoms with van der Waals surface area (Å²) in [5.74, 6) is 0.105. The molecule has 126 valence electrons. The number of morpholine rings is 1. The molecule has 2 aliphatic rings. The number of amides is 1. The molecule has 3 rings (SSSR count). The van der Waals surface area contributed by atoms with Crippen molar-refractivity contribution in [3.05, 3.63) is 35.4 Å². The van der Waals surface area contributed by atoms with Crippen molar-refractivity contribution in [3.63, 3.8) is 0 Å². The lowest BCUT2D eigenvalue weighted by Crippen LogP contribution is -2.52. The van der Waals surface area contributed by atoms with E-state index in [1.165, 1.54) is 18.4 Å². The Morgan fingerprint density at radius 1 is 1.30 bits per heavy atom. The lowest BCUT2D eigenvalue weighted by Gasteiger charge is -2.40. The predicted molar refractivity (Wildman–Crippen MR) is 91.3 cm³/mol. The highest BCUT2D eigenvalue weighted by molar-refractivity contribution is 5.78. The van der Waals surface area contributed by atoms with Crippen LogP contribution in [0.15, 0.2) is 24.3 Å². The van der Waals surface area contributed by atoms with Gasteiger partial charge in [0.15, 0.2) is 0 Å². The van der Waals surface area contributed by atoms with Gasteiger partial charge in [-0.15, -0.1) is 0 Å². The molecule has 1 heterocycles. The van der Waals surface area contributed by atoms with E-state index >= 15 is 0 Å². The van der Waals surface area contributed by atoms with Gasteiger partial charge in [0.2, 0.25) is 5.91 Å². The number of carbonyl (C=O) groups is 1. The van der Waals surface area contributed by atoms with Gasteiger partial charge >= 0.3 is 0 Å². The fourth-order valence-electron chi connectivity index (χ4n) is 3.81. The molecule has 0 bridgehead atoms. The highest BCUT2D eigenvalue weighted by Gasteiger charge is 2.39. The minimum absolute atomic E-state index is 0.0289. The van der Waals surface area contributed by atoms with Gasteiger partial charge in [-0.1, -0.05) is 42.7 Å². The first-order chi connectivity index (χ1) is 11.1. The van der Waals surface area contributed by atoms with E-state index in [2.05, 4.69) is 41.4 Å². The van der Waals surface area contributed by atoms with E-state index in [-0.39, 0.29) is 17.6 Å². The van der Waals surface area contributed by atoms with E-state index in [0.717, 1.165) is 38.1 Å². The van der Waals surface area contributed by atoms with E-state index in [4.69, 9.17) is 4.74 Å². The second kappa shape index (κ2) is 7.02. The number of rotatable bonds is 4. The van der Waals surface area contributed by atoms with E-state index in [9.17, 15) is 4.79 Å². The van der Waals surface area contributed by atoms with Gasteiger partial charge in [-0.05, 0) is 32.3 Å². The first kappa shape index (κ1) is 16.5. The monoisotopic (exact) mass is 316 g/mol. The Morgan fingerprint density at radius 2 is 2.00 bits per heavy atom. The summed E-state index contributed by atoms with van der Waals surface area (Å²) in [6, 6.07) is 8.39. The fourth-order valence-corrected chi connectivity index (χ4v) is 3.81. The quantitative estimate of drug-likeness (QED) is 0.929. The second-order valence-corrected chi connectivity index (χ2v) is 7.15. The molecule has 4 nitrogen and oxygen atoms in total. The molecule has 1 aliphatic heterocycles. The van der Waals surface area contributed by atoms with Crippen LogP contribution in [-0.4, -0.2) is 42.6 Å². The smallest absolute Gasteiger partial charge is 0.234 e. The molecule has 23 heavy (non-hydrogen) atoms. The zero-order valence-corrected chi connectivity index (χ0v) is 14.3. The van der Waals surface area contributed by atoms with Crippen molar-refractivity contribution in [2.45, 2.75) is 51.2 Å². The largest absolute Gasteiger partial charge is 0.372 e. The van der Waals surface area contributed by atoms with Crippen LogP contribution in [0.2, 0.25) is 0 Å². The Hall–Kier alpha value is -1.39. The second-order valence-electron chi connectivity index (χ2n) is 7.15. The van der Waals surface area contributed by atoms with Crippen LogP contribution in [0.5, 0.6) is 0 Å². The van der Waals surface area contributed by atoms with E-state index < -0.39 is 0 Å². The Morgan fingerprint density at radius 3 is 2.70 bits per heavy atom. The summed E-state index contributed by atoms with van der Waals surface area (Å²) in [6.45, 7) is 7.10. The van der Waals surface area contributed by atoms with Crippen molar-refractivity contribution >= 4 is 5.91 Å². The van der Waals surface area contributed by atoms with Crippen molar-refractivity contribution in [1.82, 2.24) is 10.2 Å². The summed E-state index contributed by atoms with van der Waals surface area (Å²) in [4.78, 5) is 14.6. The maximum absolute atomic E-state index is 12.4. The third kappa shape index (κ3) is 4.12. The van der Waals surface area contributed by atoms with Crippen molar-refractivity contribution in [1.29, 1.82) is 0 Å². The number of hydrogen-bond acceptors (Lipinski definition) is 3. The van der Waals surface area contributed by atoms with Crippen LogP contribution in [0, 0.1) is 6.92 Å². The summed E-state index contributed by atoms with van der Waals surface area (Å²) >= 11 is 0. The normalized spacial score (nSPS) is 22.2. The molecule has 0 unspecified atom stereocenters. The van der Waals surface area contributed by atoms with Crippen molar-refractivity contribution in [3.8, 4) is 0 Å². The van der Waals surface area contributed by atoms with Crippen LogP contribution < -0.4 is 5.32 Å². The van der Waals surface area contributed by atoms with Gasteiger partial charge in [-0.25, -0.2) is 0 Å². The summed E-state index contributed by atoms with van der Waals surface area (Å²) in [6.07, 6.45) is 4.80. The molecule has 1 saturated heterocycles. The number of nitrogens with one attached hydrogen (secondary N) is 1. The van der Waals surface area contributed by atoms with Crippen LogP contribution in [-0.2, 0) is 9.53 Å². The number of nitrogens with zero attached hydrogens (tertiary/aromatic N) is 1. The van der Waals surface area contributed by atoms with Crippen LogP contribution in [0.3, 0.4) is 0 Å². The SMILES string of the molecule is Cc1ccc([C@@H](C)NC(=O)CN2CCOC3(CCCC3)C2)cc1. The maximum atomic E-state index is 12.4. The molecule has 1 amide bonds. The average Bonchev–Trinajstić information content (AvgIpc) is 2.95. The Labute approximate surface area is 139 Å². The number of ether oxygens (including phenoxy) is 1. The highest BCUT2D eigenvalue weighted by Crippen LogP contribution is 2.35. The fraction of sp³-hybridized carbons (Fsp3) is 0.632. The number of benzene rings is 1. The van der Waals surface area contributed by atoms with Crippen LogP contribution in [0.1, 0.15) is 49.8 Å². The van der Waals surface area contributed by atoms with Crippen LogP contribution >= 0.6 is 0 Å². The van der Waals surface area contributed by atoms with E-state index in [0.29, 0.717) is 6.54 Å². The first-order valence-electron chi connectivity index (χ1n) is 8.79.